The highest BCUT2D eigenvalue weighted by Gasteiger charge is 2.44. The topological polar surface area (TPSA) is 43.4 Å². The number of alkyl halides is 7. The van der Waals surface area contributed by atoms with E-state index in [2.05, 4.69) is 27.0 Å². The van der Waals surface area contributed by atoms with Gasteiger partial charge in [-0.05, 0) is 47.7 Å². The van der Waals surface area contributed by atoms with Crippen molar-refractivity contribution >= 4 is 18.3 Å². The molecule has 0 bridgehead atoms. The Kier molecular flexibility index (Phi) is 11.1. The maximum Gasteiger partial charge on any atom is 0.573 e. The Morgan fingerprint density at radius 2 is 1.52 bits per heavy atom. The molecule has 2 aliphatic heterocycles. The summed E-state index contributed by atoms with van der Waals surface area (Å²) in [6.45, 7) is 3.75. The lowest BCUT2D eigenvalue weighted by Gasteiger charge is -2.41. The Morgan fingerprint density at radius 3 is 2.20 bits per heavy atom. The summed E-state index contributed by atoms with van der Waals surface area (Å²) in [5, 5.41) is 0. The van der Waals surface area contributed by atoms with Crippen LogP contribution in [-0.4, -0.2) is 76.1 Å². The molecule has 1 fully saturated rings. The van der Waals surface area contributed by atoms with Crippen molar-refractivity contribution in [1.82, 2.24) is 4.90 Å². The Labute approximate surface area is 255 Å². The quantitative estimate of drug-likeness (QED) is 0.194. The van der Waals surface area contributed by atoms with Crippen LogP contribution in [-0.2, 0) is 4.74 Å². The lowest BCUT2D eigenvalue weighted by atomic mass is 9.98. The first-order chi connectivity index (χ1) is 21.0. The lowest BCUT2D eigenvalue weighted by Crippen LogP contribution is -2.44. The number of fused-ring (bicyclic) bond motifs is 1. The van der Waals surface area contributed by atoms with Crippen molar-refractivity contribution in [1.29, 1.82) is 0 Å². The number of halogens is 7. The number of morpholine rings is 1. The number of benzene rings is 3. The van der Waals surface area contributed by atoms with Crippen molar-refractivity contribution in [2.75, 3.05) is 57.2 Å². The van der Waals surface area contributed by atoms with Gasteiger partial charge in [0.05, 0.1) is 24.9 Å². The lowest BCUT2D eigenvalue weighted by molar-refractivity contribution is -0.274. The van der Waals surface area contributed by atoms with Crippen LogP contribution in [0.3, 0.4) is 0 Å². The minimum Gasteiger partial charge on any atom is -0.488 e. The third-order valence-electron chi connectivity index (χ3n) is 6.96. The van der Waals surface area contributed by atoms with E-state index in [9.17, 15) is 30.7 Å². The zero-order chi connectivity index (χ0) is 31.9. The third kappa shape index (κ3) is 8.42. The average molecular weight is 649 g/mol. The molecule has 1 atom stereocenters. The molecule has 0 aliphatic carbocycles. The fraction of sp³-hybridized carbons (Fsp3) is 0.400. The molecule has 0 amide bonds. The Hall–Kier alpha value is -3.36. The van der Waals surface area contributed by atoms with Crippen LogP contribution in [0.5, 0.6) is 17.2 Å². The van der Waals surface area contributed by atoms with Crippen LogP contribution in [0, 0.1) is 0 Å². The molecular formula is C30H31F7N2O4S. The zero-order valence-electron chi connectivity index (χ0n) is 23.6. The molecule has 2 heterocycles. The van der Waals surface area contributed by atoms with E-state index in [-0.39, 0.29) is 12.4 Å². The second-order valence-electron chi connectivity index (χ2n) is 9.74. The number of ether oxygens (including phenoxy) is 4. The van der Waals surface area contributed by atoms with Gasteiger partial charge in [-0.1, -0.05) is 36.4 Å². The van der Waals surface area contributed by atoms with Crippen molar-refractivity contribution in [2.45, 2.75) is 24.9 Å². The largest absolute Gasteiger partial charge is 0.573 e. The number of nitrogens with zero attached hydrogens (tertiary/aromatic N) is 2. The summed E-state index contributed by atoms with van der Waals surface area (Å²) in [7, 11) is 0. The van der Waals surface area contributed by atoms with Gasteiger partial charge < -0.3 is 23.8 Å². The molecule has 6 nitrogen and oxygen atoms in total. The standard InChI is InChI=1S/C29H27F7N2O4.CH4S/c30-27(31)28(32,33)41-21-6-2-5-20(17-21)25-18-40-26-23(19-4-1-7-22(16-19)42-29(34,35)36)8-3-9-24(26)38(25)11-10-37-12-14-39-15-13-37;1-2/h1-9,16-17,25,27H,10-15,18H2;2H,1H3. The van der Waals surface area contributed by atoms with E-state index in [1.165, 1.54) is 36.4 Å². The van der Waals surface area contributed by atoms with Gasteiger partial charge in [0.25, 0.3) is 0 Å². The zero-order valence-corrected chi connectivity index (χ0v) is 24.5. The highest BCUT2D eigenvalue weighted by atomic mass is 32.1. The molecule has 14 heteroatoms. The van der Waals surface area contributed by atoms with Gasteiger partial charge in [0, 0.05) is 31.7 Å². The first kappa shape index (κ1) is 33.5. The fourth-order valence-electron chi connectivity index (χ4n) is 5.02. The highest BCUT2D eigenvalue weighted by Crippen LogP contribution is 2.46. The number of rotatable bonds is 9. The molecular weight excluding hydrogens is 617 g/mol. The minimum absolute atomic E-state index is 0.0422. The van der Waals surface area contributed by atoms with Gasteiger partial charge in [-0.15, -0.1) is 13.2 Å². The van der Waals surface area contributed by atoms with E-state index in [0.717, 1.165) is 13.1 Å². The monoisotopic (exact) mass is 648 g/mol. The van der Waals surface area contributed by atoms with Gasteiger partial charge in [0.2, 0.25) is 0 Å². The maximum absolute atomic E-state index is 13.6. The summed E-state index contributed by atoms with van der Waals surface area (Å²) in [4.78, 5) is 4.22. The number of hydrogen-bond donors (Lipinski definition) is 1. The molecule has 240 valence electrons. The van der Waals surface area contributed by atoms with Crippen LogP contribution in [0.2, 0.25) is 0 Å². The molecule has 0 saturated carbocycles. The minimum atomic E-state index is -4.85. The molecule has 0 radical (unpaired) electrons. The third-order valence-corrected chi connectivity index (χ3v) is 6.96. The molecule has 2 aliphatic rings. The first-order valence-electron chi connectivity index (χ1n) is 13.6. The summed E-state index contributed by atoms with van der Waals surface area (Å²) in [6, 6.07) is 15.8. The molecule has 0 N–H and O–H groups in total. The molecule has 3 aromatic carbocycles. The second-order valence-corrected chi connectivity index (χ2v) is 9.74. The van der Waals surface area contributed by atoms with Gasteiger partial charge in [0.15, 0.2) is 5.75 Å². The van der Waals surface area contributed by atoms with Crippen molar-refractivity contribution in [2.24, 2.45) is 0 Å². The van der Waals surface area contributed by atoms with E-state index in [1.54, 1.807) is 36.6 Å². The normalized spacial score (nSPS) is 17.3. The van der Waals surface area contributed by atoms with Crippen molar-refractivity contribution < 1.29 is 49.7 Å². The summed E-state index contributed by atoms with van der Waals surface area (Å²) in [6.07, 6.45) is -11.8. The molecule has 3 aromatic rings. The predicted molar refractivity (Wildman–Crippen MR) is 154 cm³/mol. The van der Waals surface area contributed by atoms with E-state index >= 15 is 0 Å². The second kappa shape index (κ2) is 14.6. The van der Waals surface area contributed by atoms with Gasteiger partial charge in [0.1, 0.15) is 18.1 Å². The molecule has 0 spiro atoms. The Bertz CT molecular complexity index is 1370. The highest BCUT2D eigenvalue weighted by molar-refractivity contribution is 7.79. The SMILES string of the molecule is CS.FC(F)C(F)(F)Oc1cccc(C2COc3c(-c4cccc(OC(F)(F)F)c4)cccc3N2CCN2CCOCC2)c1. The summed E-state index contributed by atoms with van der Waals surface area (Å²) < 4.78 is 111. The van der Waals surface area contributed by atoms with Crippen LogP contribution in [0.4, 0.5) is 36.4 Å². The van der Waals surface area contributed by atoms with Crippen LogP contribution in [0.1, 0.15) is 11.6 Å². The van der Waals surface area contributed by atoms with Gasteiger partial charge in [-0.25, -0.2) is 0 Å². The predicted octanol–water partition coefficient (Wildman–Crippen LogP) is 7.31. The van der Waals surface area contributed by atoms with Crippen molar-refractivity contribution in [3.8, 4) is 28.4 Å². The van der Waals surface area contributed by atoms with Gasteiger partial charge >= 0.3 is 18.9 Å². The molecule has 0 aromatic heterocycles. The average Bonchev–Trinajstić information content (AvgIpc) is 3.00. The van der Waals surface area contributed by atoms with Crippen LogP contribution < -0.4 is 19.1 Å². The molecule has 1 unspecified atom stereocenters. The number of para-hydroxylation sites is 1. The molecule has 44 heavy (non-hydrogen) atoms. The maximum atomic E-state index is 13.6. The Morgan fingerprint density at radius 1 is 0.864 bits per heavy atom. The number of anilines is 1. The van der Waals surface area contributed by atoms with E-state index in [0.29, 0.717) is 54.4 Å². The van der Waals surface area contributed by atoms with Crippen molar-refractivity contribution in [3.63, 3.8) is 0 Å². The van der Waals surface area contributed by atoms with E-state index in [4.69, 9.17) is 9.47 Å². The van der Waals surface area contributed by atoms with Crippen LogP contribution >= 0.6 is 12.6 Å². The first-order valence-corrected chi connectivity index (χ1v) is 14.5. The van der Waals surface area contributed by atoms with Gasteiger partial charge in [-0.2, -0.15) is 30.2 Å². The molecule has 5 rings (SSSR count). The fourth-order valence-corrected chi connectivity index (χ4v) is 5.02. The smallest absolute Gasteiger partial charge is 0.488 e. The summed E-state index contributed by atoms with van der Waals surface area (Å²) >= 11 is 3.53. The van der Waals surface area contributed by atoms with Crippen molar-refractivity contribution in [3.05, 3.63) is 72.3 Å². The summed E-state index contributed by atoms with van der Waals surface area (Å²) in [5.74, 6) is -0.378. The molecule has 1 saturated heterocycles. The summed E-state index contributed by atoms with van der Waals surface area (Å²) in [5.41, 5.74) is 2.09. The van der Waals surface area contributed by atoms with Gasteiger partial charge in [-0.3, -0.25) is 4.90 Å². The van der Waals surface area contributed by atoms with Crippen LogP contribution in [0.25, 0.3) is 11.1 Å². The number of hydrogen-bond acceptors (Lipinski definition) is 7. The number of thiol groups is 1. The van der Waals surface area contributed by atoms with E-state index in [1.807, 2.05) is 4.90 Å². The Balaban J connectivity index is 0.00000216. The van der Waals surface area contributed by atoms with Crippen LogP contribution in [0.15, 0.2) is 66.7 Å². The van der Waals surface area contributed by atoms with E-state index < -0.39 is 30.7 Å².